The molecule has 0 aromatic heterocycles. The number of hydrogen-bond donors (Lipinski definition) is 0. The van der Waals surface area contributed by atoms with Gasteiger partial charge in [0.05, 0.1) is 0 Å². The van der Waals surface area contributed by atoms with E-state index in [2.05, 4.69) is 18.9 Å². The van der Waals surface area contributed by atoms with E-state index in [4.69, 9.17) is 0 Å². The Morgan fingerprint density at radius 3 is 2.77 bits per heavy atom. The molecule has 1 aromatic carbocycles. The van der Waals surface area contributed by atoms with Crippen LogP contribution in [0.25, 0.3) is 0 Å². The molecular formula is C11H16FN. The van der Waals surface area contributed by atoms with Gasteiger partial charge >= 0.3 is 0 Å². The average molecular weight is 181 g/mol. The summed E-state index contributed by atoms with van der Waals surface area (Å²) < 4.78 is 12.8. The third kappa shape index (κ3) is 3.55. The lowest BCUT2D eigenvalue weighted by Gasteiger charge is -2.15. The SMILES string of the molecule is CCCN(C)Cc1cccc(F)c1. The zero-order valence-corrected chi connectivity index (χ0v) is 8.26. The van der Waals surface area contributed by atoms with Crippen molar-refractivity contribution in [2.24, 2.45) is 0 Å². The zero-order chi connectivity index (χ0) is 9.68. The molecule has 1 aromatic rings. The molecule has 0 atom stereocenters. The largest absolute Gasteiger partial charge is 0.302 e. The van der Waals surface area contributed by atoms with Crippen molar-refractivity contribution in [1.29, 1.82) is 0 Å². The maximum absolute atomic E-state index is 12.8. The highest BCUT2D eigenvalue weighted by molar-refractivity contribution is 5.15. The Morgan fingerprint density at radius 1 is 1.38 bits per heavy atom. The molecule has 0 unspecified atom stereocenters. The van der Waals surface area contributed by atoms with E-state index in [-0.39, 0.29) is 5.82 Å². The quantitative estimate of drug-likeness (QED) is 0.690. The second kappa shape index (κ2) is 4.97. The molecule has 0 aliphatic carbocycles. The number of benzene rings is 1. The van der Waals surface area contributed by atoms with Crippen molar-refractivity contribution < 1.29 is 4.39 Å². The lowest BCUT2D eigenvalue weighted by molar-refractivity contribution is 0.327. The van der Waals surface area contributed by atoms with E-state index in [1.54, 1.807) is 12.1 Å². The van der Waals surface area contributed by atoms with Crippen molar-refractivity contribution in [3.8, 4) is 0 Å². The Balaban J connectivity index is 2.53. The maximum Gasteiger partial charge on any atom is 0.123 e. The minimum Gasteiger partial charge on any atom is -0.302 e. The Bertz CT molecular complexity index is 260. The predicted octanol–water partition coefficient (Wildman–Crippen LogP) is 2.67. The molecule has 0 N–H and O–H groups in total. The first-order valence-corrected chi connectivity index (χ1v) is 4.65. The second-order valence-corrected chi connectivity index (χ2v) is 3.37. The van der Waals surface area contributed by atoms with Gasteiger partial charge in [0, 0.05) is 6.54 Å². The summed E-state index contributed by atoms with van der Waals surface area (Å²) in [7, 11) is 2.05. The van der Waals surface area contributed by atoms with Crippen LogP contribution in [0.5, 0.6) is 0 Å². The molecular weight excluding hydrogens is 165 g/mol. The molecule has 0 aliphatic rings. The highest BCUT2D eigenvalue weighted by Crippen LogP contribution is 2.06. The van der Waals surface area contributed by atoms with Crippen molar-refractivity contribution in [1.82, 2.24) is 4.90 Å². The van der Waals surface area contributed by atoms with Gasteiger partial charge < -0.3 is 4.90 Å². The van der Waals surface area contributed by atoms with E-state index >= 15 is 0 Å². The molecule has 13 heavy (non-hydrogen) atoms. The Labute approximate surface area is 79.2 Å². The molecule has 0 heterocycles. The molecule has 72 valence electrons. The second-order valence-electron chi connectivity index (χ2n) is 3.37. The van der Waals surface area contributed by atoms with Gasteiger partial charge in [-0.05, 0) is 37.7 Å². The minimum absolute atomic E-state index is 0.151. The van der Waals surface area contributed by atoms with Gasteiger partial charge in [-0.15, -0.1) is 0 Å². The van der Waals surface area contributed by atoms with Gasteiger partial charge in [0.1, 0.15) is 5.82 Å². The molecule has 2 heteroatoms. The average Bonchev–Trinajstić information content (AvgIpc) is 2.04. The zero-order valence-electron chi connectivity index (χ0n) is 8.26. The molecule has 0 radical (unpaired) electrons. The van der Waals surface area contributed by atoms with Gasteiger partial charge in [0.15, 0.2) is 0 Å². The van der Waals surface area contributed by atoms with Gasteiger partial charge in [0.25, 0.3) is 0 Å². The van der Waals surface area contributed by atoms with Crippen LogP contribution in [-0.4, -0.2) is 18.5 Å². The molecule has 0 fully saturated rings. The smallest absolute Gasteiger partial charge is 0.123 e. The lowest BCUT2D eigenvalue weighted by atomic mass is 10.2. The van der Waals surface area contributed by atoms with Crippen LogP contribution in [0.15, 0.2) is 24.3 Å². The first-order chi connectivity index (χ1) is 6.22. The number of rotatable bonds is 4. The Hall–Kier alpha value is -0.890. The summed E-state index contributed by atoms with van der Waals surface area (Å²) in [6, 6.07) is 6.77. The monoisotopic (exact) mass is 181 g/mol. The van der Waals surface area contributed by atoms with Gasteiger partial charge in [-0.1, -0.05) is 19.1 Å². The van der Waals surface area contributed by atoms with E-state index in [9.17, 15) is 4.39 Å². The normalized spacial score (nSPS) is 10.8. The molecule has 0 amide bonds. The van der Waals surface area contributed by atoms with Gasteiger partial charge in [-0.3, -0.25) is 0 Å². The van der Waals surface area contributed by atoms with Crippen molar-refractivity contribution in [3.05, 3.63) is 35.6 Å². The van der Waals surface area contributed by atoms with Gasteiger partial charge in [0.2, 0.25) is 0 Å². The van der Waals surface area contributed by atoms with Crippen LogP contribution >= 0.6 is 0 Å². The summed E-state index contributed by atoms with van der Waals surface area (Å²) in [6.45, 7) is 4.02. The fourth-order valence-corrected chi connectivity index (χ4v) is 1.41. The lowest BCUT2D eigenvalue weighted by Crippen LogP contribution is -2.18. The van der Waals surface area contributed by atoms with Crippen LogP contribution in [0.1, 0.15) is 18.9 Å². The first-order valence-electron chi connectivity index (χ1n) is 4.65. The predicted molar refractivity (Wildman–Crippen MR) is 53.0 cm³/mol. The third-order valence-corrected chi connectivity index (χ3v) is 1.95. The fraction of sp³-hybridized carbons (Fsp3) is 0.455. The topological polar surface area (TPSA) is 3.24 Å². The minimum atomic E-state index is -0.151. The highest BCUT2D eigenvalue weighted by Gasteiger charge is 1.99. The summed E-state index contributed by atoms with van der Waals surface area (Å²) in [6.07, 6.45) is 1.13. The van der Waals surface area contributed by atoms with E-state index in [1.165, 1.54) is 6.07 Å². The van der Waals surface area contributed by atoms with Crippen LogP contribution in [0, 0.1) is 5.82 Å². The van der Waals surface area contributed by atoms with Gasteiger partial charge in [-0.2, -0.15) is 0 Å². The summed E-state index contributed by atoms with van der Waals surface area (Å²) in [5.41, 5.74) is 1.04. The fourth-order valence-electron chi connectivity index (χ4n) is 1.41. The van der Waals surface area contributed by atoms with Crippen LogP contribution < -0.4 is 0 Å². The first kappa shape index (κ1) is 10.2. The summed E-state index contributed by atoms with van der Waals surface area (Å²) in [5, 5.41) is 0. The van der Waals surface area contributed by atoms with E-state index in [0.717, 1.165) is 25.1 Å². The van der Waals surface area contributed by atoms with Crippen LogP contribution in [0.3, 0.4) is 0 Å². The van der Waals surface area contributed by atoms with Crippen LogP contribution in [-0.2, 0) is 6.54 Å². The van der Waals surface area contributed by atoms with Crippen molar-refractivity contribution in [3.63, 3.8) is 0 Å². The molecule has 0 aliphatic heterocycles. The van der Waals surface area contributed by atoms with Crippen molar-refractivity contribution >= 4 is 0 Å². The standard InChI is InChI=1S/C11H16FN/c1-3-7-13(2)9-10-5-4-6-11(12)8-10/h4-6,8H,3,7,9H2,1-2H3. The van der Waals surface area contributed by atoms with Crippen molar-refractivity contribution in [2.45, 2.75) is 19.9 Å². The van der Waals surface area contributed by atoms with E-state index in [0.29, 0.717) is 0 Å². The molecule has 1 rings (SSSR count). The molecule has 0 saturated carbocycles. The van der Waals surface area contributed by atoms with Gasteiger partial charge in [-0.25, -0.2) is 4.39 Å². The molecule has 0 spiro atoms. The highest BCUT2D eigenvalue weighted by atomic mass is 19.1. The summed E-state index contributed by atoms with van der Waals surface area (Å²) in [4.78, 5) is 2.19. The molecule has 0 saturated heterocycles. The van der Waals surface area contributed by atoms with Crippen LogP contribution in [0.4, 0.5) is 4.39 Å². The summed E-state index contributed by atoms with van der Waals surface area (Å²) >= 11 is 0. The third-order valence-electron chi connectivity index (χ3n) is 1.95. The molecule has 1 nitrogen and oxygen atoms in total. The van der Waals surface area contributed by atoms with Crippen molar-refractivity contribution in [2.75, 3.05) is 13.6 Å². The number of nitrogens with zero attached hydrogens (tertiary/aromatic N) is 1. The number of halogens is 1. The summed E-state index contributed by atoms with van der Waals surface area (Å²) in [5.74, 6) is -0.151. The number of hydrogen-bond acceptors (Lipinski definition) is 1. The Kier molecular flexibility index (Phi) is 3.90. The van der Waals surface area contributed by atoms with E-state index in [1.807, 2.05) is 6.07 Å². The van der Waals surface area contributed by atoms with E-state index < -0.39 is 0 Å². The Morgan fingerprint density at radius 2 is 2.15 bits per heavy atom. The maximum atomic E-state index is 12.8. The molecule has 0 bridgehead atoms. The van der Waals surface area contributed by atoms with Crippen LogP contribution in [0.2, 0.25) is 0 Å².